The van der Waals surface area contributed by atoms with Crippen molar-refractivity contribution in [3.05, 3.63) is 34.4 Å². The first-order valence-corrected chi connectivity index (χ1v) is 9.71. The van der Waals surface area contributed by atoms with E-state index >= 15 is 0 Å². The van der Waals surface area contributed by atoms with E-state index in [0.717, 1.165) is 48.1 Å². The zero-order valence-electron chi connectivity index (χ0n) is 16.3. The maximum atomic E-state index is 13.1. The number of piperidine rings is 1. The van der Waals surface area contributed by atoms with Gasteiger partial charge in [0.15, 0.2) is 5.78 Å². The highest BCUT2D eigenvalue weighted by molar-refractivity contribution is 6.15. The molecule has 0 N–H and O–H groups in total. The molecule has 0 bridgehead atoms. The average molecular weight is 355 g/mol. The van der Waals surface area contributed by atoms with Gasteiger partial charge in [-0.05, 0) is 63.1 Å². The minimum Gasteiger partial charge on any atom is -0.340 e. The monoisotopic (exact) mass is 355 g/mol. The van der Waals surface area contributed by atoms with Gasteiger partial charge in [-0.15, -0.1) is 0 Å². The summed E-state index contributed by atoms with van der Waals surface area (Å²) >= 11 is 0. The van der Waals surface area contributed by atoms with Crippen LogP contribution in [0.1, 0.15) is 67.2 Å². The van der Waals surface area contributed by atoms with E-state index in [4.69, 9.17) is 0 Å². The van der Waals surface area contributed by atoms with Crippen LogP contribution in [0.5, 0.6) is 0 Å². The number of likely N-dealkylation sites (tertiary alicyclic amines) is 1. The number of hydrogen-bond donors (Lipinski definition) is 0. The predicted molar refractivity (Wildman–Crippen MR) is 101 cm³/mol. The predicted octanol–water partition coefficient (Wildman–Crippen LogP) is 3.64. The number of ketones is 2. The SMILES string of the molecule is CC(=O)N1CCCCC1CC1CC(=O)C(c2c(C)cc(C)cc2C)C1=O. The number of carbonyl (C=O) groups excluding carboxylic acids is 3. The van der Waals surface area contributed by atoms with Crippen LogP contribution in [0, 0.1) is 26.7 Å². The molecule has 0 radical (unpaired) electrons. The van der Waals surface area contributed by atoms with Gasteiger partial charge >= 0.3 is 0 Å². The molecule has 26 heavy (non-hydrogen) atoms. The van der Waals surface area contributed by atoms with Gasteiger partial charge in [-0.2, -0.15) is 0 Å². The number of hydrogen-bond acceptors (Lipinski definition) is 3. The first-order valence-electron chi connectivity index (χ1n) is 9.71. The summed E-state index contributed by atoms with van der Waals surface area (Å²) in [6.07, 6.45) is 3.99. The van der Waals surface area contributed by atoms with E-state index in [-0.39, 0.29) is 29.4 Å². The number of nitrogens with zero attached hydrogens (tertiary/aromatic N) is 1. The Kier molecular flexibility index (Phi) is 5.31. The lowest BCUT2D eigenvalue weighted by Crippen LogP contribution is -2.43. The van der Waals surface area contributed by atoms with Crippen LogP contribution in [0.3, 0.4) is 0 Å². The summed E-state index contributed by atoms with van der Waals surface area (Å²) in [6.45, 7) is 8.38. The molecule has 0 aromatic heterocycles. The molecule has 1 aliphatic heterocycles. The molecule has 1 saturated heterocycles. The summed E-state index contributed by atoms with van der Waals surface area (Å²) in [7, 11) is 0. The van der Waals surface area contributed by atoms with E-state index in [1.165, 1.54) is 0 Å². The molecule has 140 valence electrons. The molecule has 1 saturated carbocycles. The molecule has 1 aliphatic carbocycles. The van der Waals surface area contributed by atoms with Crippen LogP contribution in [-0.4, -0.2) is 35.0 Å². The highest BCUT2D eigenvalue weighted by atomic mass is 16.2. The van der Waals surface area contributed by atoms with Crippen molar-refractivity contribution in [3.8, 4) is 0 Å². The minimum atomic E-state index is -0.616. The zero-order valence-corrected chi connectivity index (χ0v) is 16.3. The standard InChI is InChI=1S/C22H29NO3/c1-13-9-14(2)20(15(3)10-13)21-19(25)12-17(22(21)26)11-18-7-5-6-8-23(18)16(4)24/h9-10,17-18,21H,5-8,11-12H2,1-4H3. The fourth-order valence-corrected chi connectivity index (χ4v) is 4.99. The van der Waals surface area contributed by atoms with Gasteiger partial charge in [-0.3, -0.25) is 14.4 Å². The number of amides is 1. The number of rotatable bonds is 3. The molecule has 3 unspecified atom stereocenters. The van der Waals surface area contributed by atoms with E-state index in [0.29, 0.717) is 12.8 Å². The van der Waals surface area contributed by atoms with Crippen LogP contribution >= 0.6 is 0 Å². The number of carbonyl (C=O) groups is 3. The summed E-state index contributed by atoms with van der Waals surface area (Å²) in [5, 5.41) is 0. The number of Topliss-reactive ketones (excluding diaryl/α,β-unsaturated/α-hetero) is 2. The third-order valence-corrected chi connectivity index (χ3v) is 6.07. The molecule has 1 heterocycles. The summed E-state index contributed by atoms with van der Waals surface area (Å²) < 4.78 is 0. The molecule has 1 amide bonds. The highest BCUT2D eigenvalue weighted by Gasteiger charge is 2.44. The molecule has 0 spiro atoms. The number of aryl methyl sites for hydroxylation is 3. The van der Waals surface area contributed by atoms with Crippen molar-refractivity contribution in [1.29, 1.82) is 0 Å². The quantitative estimate of drug-likeness (QED) is 0.778. The first kappa shape index (κ1) is 18.8. The Hall–Kier alpha value is -1.97. The van der Waals surface area contributed by atoms with Gasteiger partial charge in [-0.25, -0.2) is 0 Å². The Labute approximate surface area is 156 Å². The molecule has 4 nitrogen and oxygen atoms in total. The van der Waals surface area contributed by atoms with Gasteiger partial charge in [0.05, 0.1) is 0 Å². The van der Waals surface area contributed by atoms with Crippen LogP contribution < -0.4 is 0 Å². The maximum Gasteiger partial charge on any atom is 0.219 e. The van der Waals surface area contributed by atoms with Gasteiger partial charge in [-0.1, -0.05) is 17.7 Å². The summed E-state index contributed by atoms with van der Waals surface area (Å²) in [5.41, 5.74) is 4.11. The topological polar surface area (TPSA) is 54.5 Å². The Morgan fingerprint density at radius 2 is 1.77 bits per heavy atom. The second kappa shape index (κ2) is 7.34. The molecule has 2 aliphatic rings. The Morgan fingerprint density at radius 1 is 1.12 bits per heavy atom. The first-order chi connectivity index (χ1) is 12.3. The smallest absolute Gasteiger partial charge is 0.219 e. The van der Waals surface area contributed by atoms with Gasteiger partial charge in [0.2, 0.25) is 5.91 Å². The van der Waals surface area contributed by atoms with Gasteiger partial charge in [0.1, 0.15) is 11.7 Å². The minimum absolute atomic E-state index is 0.0419. The van der Waals surface area contributed by atoms with Crippen molar-refractivity contribution in [2.45, 2.75) is 71.8 Å². The van der Waals surface area contributed by atoms with Crippen LogP contribution in [0.2, 0.25) is 0 Å². The van der Waals surface area contributed by atoms with Gasteiger partial charge in [0.25, 0.3) is 0 Å². The van der Waals surface area contributed by atoms with Crippen molar-refractivity contribution < 1.29 is 14.4 Å². The van der Waals surface area contributed by atoms with Crippen LogP contribution in [0.15, 0.2) is 12.1 Å². The molecular weight excluding hydrogens is 326 g/mol. The lowest BCUT2D eigenvalue weighted by molar-refractivity contribution is -0.134. The van der Waals surface area contributed by atoms with Crippen molar-refractivity contribution in [2.75, 3.05) is 6.54 Å². The molecule has 2 fully saturated rings. The molecule has 3 atom stereocenters. The normalized spacial score (nSPS) is 26.5. The van der Waals surface area contributed by atoms with Gasteiger partial charge < -0.3 is 4.90 Å². The van der Waals surface area contributed by atoms with E-state index in [1.54, 1.807) is 6.92 Å². The zero-order chi connectivity index (χ0) is 19.0. The summed E-state index contributed by atoms with van der Waals surface area (Å²) in [4.78, 5) is 39.7. The lowest BCUT2D eigenvalue weighted by atomic mass is 9.85. The largest absolute Gasteiger partial charge is 0.340 e. The third-order valence-electron chi connectivity index (χ3n) is 6.07. The third kappa shape index (κ3) is 3.46. The fraction of sp³-hybridized carbons (Fsp3) is 0.591. The lowest BCUT2D eigenvalue weighted by Gasteiger charge is -2.36. The Bertz CT molecular complexity index is 729. The Balaban J connectivity index is 1.82. The maximum absolute atomic E-state index is 13.1. The van der Waals surface area contributed by atoms with Crippen LogP contribution in [0.25, 0.3) is 0 Å². The Morgan fingerprint density at radius 3 is 2.38 bits per heavy atom. The molecule has 4 heteroatoms. The van der Waals surface area contributed by atoms with E-state index < -0.39 is 5.92 Å². The van der Waals surface area contributed by atoms with Crippen molar-refractivity contribution in [3.63, 3.8) is 0 Å². The summed E-state index contributed by atoms with van der Waals surface area (Å²) in [5.74, 6) is -0.694. The van der Waals surface area contributed by atoms with Gasteiger partial charge in [0, 0.05) is 31.8 Å². The molecule has 1 aromatic carbocycles. The molecule has 3 rings (SSSR count). The van der Waals surface area contributed by atoms with Crippen molar-refractivity contribution in [1.82, 2.24) is 4.90 Å². The van der Waals surface area contributed by atoms with Crippen LogP contribution in [0.4, 0.5) is 0 Å². The van der Waals surface area contributed by atoms with Crippen molar-refractivity contribution in [2.24, 2.45) is 5.92 Å². The van der Waals surface area contributed by atoms with Crippen molar-refractivity contribution >= 4 is 17.5 Å². The van der Waals surface area contributed by atoms with E-state index in [2.05, 4.69) is 12.1 Å². The molecule has 1 aromatic rings. The molecular formula is C22H29NO3. The van der Waals surface area contributed by atoms with E-state index in [9.17, 15) is 14.4 Å². The fourth-order valence-electron chi connectivity index (χ4n) is 4.99. The average Bonchev–Trinajstić information content (AvgIpc) is 2.82. The van der Waals surface area contributed by atoms with Crippen LogP contribution in [-0.2, 0) is 14.4 Å². The highest BCUT2D eigenvalue weighted by Crippen LogP contribution is 2.39. The summed E-state index contributed by atoms with van der Waals surface area (Å²) in [6, 6.07) is 4.20. The second-order valence-electron chi connectivity index (χ2n) is 8.11. The van der Waals surface area contributed by atoms with E-state index in [1.807, 2.05) is 25.7 Å². The second-order valence-corrected chi connectivity index (χ2v) is 8.11. The number of benzene rings is 1.